The molecule has 0 aliphatic carbocycles. The Morgan fingerprint density at radius 3 is 2.31 bits per heavy atom. The second-order valence-electron chi connectivity index (χ2n) is 6.03. The largest absolute Gasteiger partial charge is 0.321 e. The molecule has 9 heteroatoms. The lowest BCUT2D eigenvalue weighted by Crippen LogP contribution is -2.23. The number of benzene rings is 2. The number of amides is 1. The highest BCUT2D eigenvalue weighted by Crippen LogP contribution is 2.26. The molecule has 6 nitrogen and oxygen atoms in total. The van der Waals surface area contributed by atoms with Crippen molar-refractivity contribution < 1.29 is 21.6 Å². The van der Waals surface area contributed by atoms with E-state index < -0.39 is 30.8 Å². The van der Waals surface area contributed by atoms with Gasteiger partial charge in [-0.1, -0.05) is 23.7 Å². The third kappa shape index (κ3) is 3.92. The van der Waals surface area contributed by atoms with Gasteiger partial charge in [-0.25, -0.2) is 16.8 Å². The van der Waals surface area contributed by atoms with Crippen LogP contribution >= 0.6 is 11.6 Å². The Morgan fingerprint density at radius 2 is 1.73 bits per heavy atom. The molecule has 26 heavy (non-hydrogen) atoms. The van der Waals surface area contributed by atoms with E-state index in [1.54, 1.807) is 24.3 Å². The van der Waals surface area contributed by atoms with Gasteiger partial charge in [0.05, 0.1) is 32.4 Å². The minimum atomic E-state index is -3.75. The van der Waals surface area contributed by atoms with Crippen LogP contribution in [0.5, 0.6) is 0 Å². The number of hydrogen-bond donors (Lipinski definition) is 1. The fourth-order valence-corrected chi connectivity index (χ4v) is 7.29. The van der Waals surface area contributed by atoms with Gasteiger partial charge in [0, 0.05) is 5.56 Å². The fraction of sp³-hybridized carbons (Fsp3) is 0.235. The number of nitrogens with one attached hydrogen (secondary N) is 1. The molecule has 3 rings (SSSR count). The fourth-order valence-electron chi connectivity index (χ4n) is 2.75. The molecule has 2 aromatic carbocycles. The summed E-state index contributed by atoms with van der Waals surface area (Å²) in [5, 5.41) is 2.11. The van der Waals surface area contributed by atoms with Gasteiger partial charge in [-0.15, -0.1) is 0 Å². The van der Waals surface area contributed by atoms with Crippen molar-refractivity contribution in [1.29, 1.82) is 0 Å². The van der Waals surface area contributed by atoms with Crippen LogP contribution in [-0.4, -0.2) is 39.5 Å². The summed E-state index contributed by atoms with van der Waals surface area (Å²) in [4.78, 5) is 12.3. The molecule has 0 spiro atoms. The molecule has 1 atom stereocenters. The van der Waals surface area contributed by atoms with Gasteiger partial charge in [-0.2, -0.15) is 0 Å². The highest BCUT2D eigenvalue weighted by molar-refractivity contribution is 7.96. The van der Waals surface area contributed by atoms with E-state index in [1.807, 2.05) is 0 Å². The Bertz CT molecular complexity index is 1050. The van der Waals surface area contributed by atoms with Gasteiger partial charge in [0.1, 0.15) is 0 Å². The van der Waals surface area contributed by atoms with Crippen LogP contribution < -0.4 is 5.32 Å². The Kier molecular flexibility index (Phi) is 5.09. The maximum atomic E-state index is 12.6. The number of rotatable bonds is 4. The molecule has 1 aliphatic rings. The van der Waals surface area contributed by atoms with Crippen molar-refractivity contribution in [3.05, 3.63) is 59.1 Å². The molecular formula is C17H16ClNO5S2. The van der Waals surface area contributed by atoms with Crippen molar-refractivity contribution in [2.24, 2.45) is 0 Å². The van der Waals surface area contributed by atoms with Crippen LogP contribution in [0.4, 0.5) is 5.69 Å². The first kappa shape index (κ1) is 18.9. The first-order chi connectivity index (χ1) is 12.2. The molecule has 1 heterocycles. The Labute approximate surface area is 157 Å². The summed E-state index contributed by atoms with van der Waals surface area (Å²) >= 11 is 5.99. The molecule has 1 fully saturated rings. The van der Waals surface area contributed by atoms with E-state index in [-0.39, 0.29) is 28.4 Å². The van der Waals surface area contributed by atoms with Crippen LogP contribution in [-0.2, 0) is 19.7 Å². The van der Waals surface area contributed by atoms with Crippen LogP contribution in [0.3, 0.4) is 0 Å². The van der Waals surface area contributed by atoms with E-state index in [9.17, 15) is 21.6 Å². The average molecular weight is 414 g/mol. The summed E-state index contributed by atoms with van der Waals surface area (Å²) in [6.07, 6.45) is 0.0966. The van der Waals surface area contributed by atoms with Crippen LogP contribution in [0, 0.1) is 0 Å². The zero-order valence-electron chi connectivity index (χ0n) is 13.6. The zero-order valence-corrected chi connectivity index (χ0v) is 15.9. The van der Waals surface area contributed by atoms with Gasteiger partial charge < -0.3 is 5.32 Å². The highest BCUT2D eigenvalue weighted by Gasteiger charge is 2.37. The van der Waals surface area contributed by atoms with E-state index in [4.69, 9.17) is 11.6 Å². The van der Waals surface area contributed by atoms with Crippen molar-refractivity contribution in [2.75, 3.05) is 16.8 Å². The van der Waals surface area contributed by atoms with Crippen molar-refractivity contribution in [2.45, 2.75) is 16.6 Å². The number of carbonyl (C=O) groups is 1. The van der Waals surface area contributed by atoms with Crippen LogP contribution in [0.2, 0.25) is 5.02 Å². The average Bonchev–Trinajstić information content (AvgIpc) is 2.98. The van der Waals surface area contributed by atoms with Gasteiger partial charge >= 0.3 is 0 Å². The summed E-state index contributed by atoms with van der Waals surface area (Å²) in [5.41, 5.74) is 0.718. The maximum absolute atomic E-state index is 12.6. The third-order valence-corrected chi connectivity index (χ3v) is 8.71. The minimum absolute atomic E-state index is 0.00823. The predicted octanol–water partition coefficient (Wildman–Crippen LogP) is 2.55. The Hall–Kier alpha value is -1.90. The van der Waals surface area contributed by atoms with Crippen LogP contribution in [0.25, 0.3) is 0 Å². The van der Waals surface area contributed by atoms with Crippen molar-refractivity contribution in [1.82, 2.24) is 0 Å². The zero-order chi connectivity index (χ0) is 18.9. The monoisotopic (exact) mass is 413 g/mol. The van der Waals surface area contributed by atoms with Crippen LogP contribution in [0.1, 0.15) is 16.8 Å². The molecule has 0 bridgehead atoms. The standard InChI is InChI=1S/C17H16ClNO5S2/c18-15-3-1-2-4-16(15)19-17(20)12-5-7-13(8-6-12)26(23,24)14-9-10-25(21,22)11-14/h1-8,14H,9-11H2,(H,19,20)/t14-/m0/s1. The lowest BCUT2D eigenvalue weighted by molar-refractivity contribution is 0.102. The second-order valence-corrected chi connectivity index (χ2v) is 10.9. The normalized spacial score (nSPS) is 19.2. The number of anilines is 1. The number of para-hydroxylation sites is 1. The Morgan fingerprint density at radius 1 is 1.08 bits per heavy atom. The van der Waals surface area contributed by atoms with Gasteiger partial charge in [-0.3, -0.25) is 4.79 Å². The van der Waals surface area contributed by atoms with Crippen molar-refractivity contribution >= 4 is 42.9 Å². The molecule has 0 saturated carbocycles. The van der Waals surface area contributed by atoms with Crippen LogP contribution in [0.15, 0.2) is 53.4 Å². The summed E-state index contributed by atoms with van der Waals surface area (Å²) in [6, 6.07) is 12.2. The van der Waals surface area contributed by atoms with E-state index in [2.05, 4.69) is 5.32 Å². The molecule has 1 amide bonds. The summed E-state index contributed by atoms with van der Waals surface area (Å²) in [5.74, 6) is -0.898. The van der Waals surface area contributed by atoms with E-state index in [0.29, 0.717) is 10.7 Å². The highest BCUT2D eigenvalue weighted by atomic mass is 35.5. The van der Waals surface area contributed by atoms with Gasteiger partial charge in [-0.05, 0) is 42.8 Å². The molecule has 1 N–H and O–H groups in total. The number of halogens is 1. The SMILES string of the molecule is O=C(Nc1ccccc1Cl)c1ccc(S(=O)(=O)[C@H]2CCS(=O)(=O)C2)cc1. The molecule has 2 aromatic rings. The minimum Gasteiger partial charge on any atom is -0.321 e. The maximum Gasteiger partial charge on any atom is 0.255 e. The molecule has 1 saturated heterocycles. The topological polar surface area (TPSA) is 97.4 Å². The summed E-state index contributed by atoms with van der Waals surface area (Å²) in [7, 11) is -7.05. The smallest absolute Gasteiger partial charge is 0.255 e. The van der Waals surface area contributed by atoms with E-state index >= 15 is 0 Å². The van der Waals surface area contributed by atoms with E-state index in [1.165, 1.54) is 24.3 Å². The molecule has 138 valence electrons. The molecular weight excluding hydrogens is 398 g/mol. The second kappa shape index (κ2) is 7.02. The lowest BCUT2D eigenvalue weighted by Gasteiger charge is -2.11. The van der Waals surface area contributed by atoms with Gasteiger partial charge in [0.25, 0.3) is 5.91 Å². The number of hydrogen-bond acceptors (Lipinski definition) is 5. The quantitative estimate of drug-likeness (QED) is 0.830. The van der Waals surface area contributed by atoms with E-state index in [0.717, 1.165) is 0 Å². The van der Waals surface area contributed by atoms with Gasteiger partial charge in [0.2, 0.25) is 0 Å². The molecule has 0 unspecified atom stereocenters. The van der Waals surface area contributed by atoms with Gasteiger partial charge in [0.15, 0.2) is 19.7 Å². The summed E-state index contributed by atoms with van der Waals surface area (Å²) < 4.78 is 48.2. The molecule has 1 aliphatic heterocycles. The molecule has 0 aromatic heterocycles. The first-order valence-electron chi connectivity index (χ1n) is 7.79. The van der Waals surface area contributed by atoms with Crippen molar-refractivity contribution in [3.8, 4) is 0 Å². The number of carbonyl (C=O) groups excluding carboxylic acids is 1. The predicted molar refractivity (Wildman–Crippen MR) is 100 cm³/mol. The summed E-state index contributed by atoms with van der Waals surface area (Å²) in [6.45, 7) is 0. The lowest BCUT2D eigenvalue weighted by atomic mass is 10.2. The number of sulfone groups is 2. The first-order valence-corrected chi connectivity index (χ1v) is 11.5. The Balaban J connectivity index is 1.78. The van der Waals surface area contributed by atoms with Crippen molar-refractivity contribution in [3.63, 3.8) is 0 Å². The molecule has 0 radical (unpaired) electrons. The third-order valence-electron chi connectivity index (χ3n) is 4.20.